The maximum atomic E-state index is 10.8. The summed E-state index contributed by atoms with van der Waals surface area (Å²) in [5.41, 5.74) is 2.29. The minimum Gasteiger partial charge on any atom is -0.478 e. The number of aromatic nitrogens is 1. The zero-order valence-corrected chi connectivity index (χ0v) is 7.80. The predicted molar refractivity (Wildman–Crippen MR) is 51.1 cm³/mol. The zero-order valence-electron chi connectivity index (χ0n) is 6.99. The van der Waals surface area contributed by atoms with Crippen LogP contribution >= 0.6 is 11.8 Å². The smallest absolute Gasteiger partial charge is 0.336 e. The van der Waals surface area contributed by atoms with Crippen LogP contribution in [0.25, 0.3) is 0 Å². The molecule has 2 heterocycles. The normalized spacial score (nSPS) is 15.1. The molecule has 0 spiro atoms. The minimum atomic E-state index is -0.842. The van der Waals surface area contributed by atoms with Crippen LogP contribution in [0.5, 0.6) is 0 Å². The van der Waals surface area contributed by atoms with Crippen LogP contribution < -0.4 is 0 Å². The average molecular weight is 195 g/mol. The molecule has 0 radical (unpaired) electrons. The molecule has 1 aliphatic heterocycles. The summed E-state index contributed by atoms with van der Waals surface area (Å²) >= 11 is 1.80. The molecule has 1 aromatic heterocycles. The van der Waals surface area contributed by atoms with E-state index < -0.39 is 5.97 Å². The summed E-state index contributed by atoms with van der Waals surface area (Å²) in [5.74, 6) is 1.00. The molecule has 0 amide bonds. The summed E-state index contributed by atoms with van der Waals surface area (Å²) < 4.78 is 0. The lowest BCUT2D eigenvalue weighted by Crippen LogP contribution is -2.11. The van der Waals surface area contributed by atoms with E-state index >= 15 is 0 Å². The third kappa shape index (κ3) is 1.54. The molecule has 68 valence electrons. The Hall–Kier alpha value is -1.03. The number of carbonyl (C=O) groups is 1. The summed E-state index contributed by atoms with van der Waals surface area (Å²) in [6.07, 6.45) is 2.41. The summed E-state index contributed by atoms with van der Waals surface area (Å²) in [4.78, 5) is 15.0. The van der Waals surface area contributed by atoms with Crippen molar-refractivity contribution in [3.63, 3.8) is 0 Å². The second kappa shape index (κ2) is 3.38. The highest BCUT2D eigenvalue weighted by molar-refractivity contribution is 7.98. The van der Waals surface area contributed by atoms with Gasteiger partial charge in [-0.05, 0) is 23.8 Å². The van der Waals surface area contributed by atoms with Crippen LogP contribution in [-0.2, 0) is 12.2 Å². The van der Waals surface area contributed by atoms with Crippen LogP contribution in [0.1, 0.15) is 21.6 Å². The van der Waals surface area contributed by atoms with Gasteiger partial charge in [-0.1, -0.05) is 0 Å². The minimum absolute atomic E-state index is 0.422. The lowest BCUT2D eigenvalue weighted by Gasteiger charge is -2.15. The molecule has 0 aromatic carbocycles. The topological polar surface area (TPSA) is 50.2 Å². The van der Waals surface area contributed by atoms with Gasteiger partial charge in [-0.3, -0.25) is 4.98 Å². The first kappa shape index (κ1) is 8.56. The fourth-order valence-corrected chi connectivity index (χ4v) is 2.42. The molecule has 0 saturated heterocycles. The number of carboxylic acids is 1. The van der Waals surface area contributed by atoms with Crippen LogP contribution in [0.4, 0.5) is 0 Å². The van der Waals surface area contributed by atoms with Crippen molar-refractivity contribution in [2.24, 2.45) is 0 Å². The average Bonchev–Trinajstić information content (AvgIpc) is 2.17. The highest BCUT2D eigenvalue weighted by atomic mass is 32.2. The van der Waals surface area contributed by atoms with Crippen LogP contribution in [-0.4, -0.2) is 21.8 Å². The van der Waals surface area contributed by atoms with Crippen LogP contribution in [0.15, 0.2) is 12.3 Å². The number of hydrogen-bond acceptors (Lipinski definition) is 3. The van der Waals surface area contributed by atoms with Crippen LogP contribution in [0, 0.1) is 0 Å². The van der Waals surface area contributed by atoms with Crippen molar-refractivity contribution in [2.75, 3.05) is 5.75 Å². The fraction of sp³-hybridized carbons (Fsp3) is 0.333. The van der Waals surface area contributed by atoms with Gasteiger partial charge in [0.15, 0.2) is 0 Å². The number of rotatable bonds is 1. The van der Waals surface area contributed by atoms with Crippen LogP contribution in [0.3, 0.4) is 0 Å². The van der Waals surface area contributed by atoms with Gasteiger partial charge in [0.1, 0.15) is 0 Å². The third-order valence-corrected chi connectivity index (χ3v) is 3.08. The van der Waals surface area contributed by atoms with Crippen molar-refractivity contribution in [3.05, 3.63) is 29.1 Å². The highest BCUT2D eigenvalue weighted by Crippen LogP contribution is 2.25. The lowest BCUT2D eigenvalue weighted by molar-refractivity contribution is 0.0695. The summed E-state index contributed by atoms with van der Waals surface area (Å²) in [5, 5.41) is 8.91. The Morgan fingerprint density at radius 2 is 2.46 bits per heavy atom. The highest BCUT2D eigenvalue weighted by Gasteiger charge is 2.17. The molecule has 3 nitrogen and oxygen atoms in total. The molecule has 1 aliphatic rings. The van der Waals surface area contributed by atoms with E-state index in [9.17, 15) is 4.79 Å². The molecule has 0 unspecified atom stereocenters. The summed E-state index contributed by atoms with van der Waals surface area (Å²) in [7, 11) is 0. The number of aromatic carboxylic acids is 1. The van der Waals surface area contributed by atoms with Crippen molar-refractivity contribution in [1.82, 2.24) is 4.98 Å². The summed E-state index contributed by atoms with van der Waals surface area (Å²) in [6.45, 7) is 0. The maximum absolute atomic E-state index is 10.8. The molecule has 1 aromatic rings. The monoisotopic (exact) mass is 195 g/mol. The molecule has 0 fully saturated rings. The molecule has 0 saturated carbocycles. The Bertz CT molecular complexity index is 351. The molecule has 4 heteroatoms. The largest absolute Gasteiger partial charge is 0.478 e. The molecule has 0 bridgehead atoms. The Morgan fingerprint density at radius 1 is 1.62 bits per heavy atom. The Morgan fingerprint density at radius 3 is 3.23 bits per heavy atom. The predicted octanol–water partition coefficient (Wildman–Crippen LogP) is 1.57. The van der Waals surface area contributed by atoms with E-state index in [-0.39, 0.29) is 0 Å². The number of pyridine rings is 1. The van der Waals surface area contributed by atoms with Gasteiger partial charge in [0.25, 0.3) is 0 Å². The van der Waals surface area contributed by atoms with E-state index in [1.807, 2.05) is 0 Å². The maximum Gasteiger partial charge on any atom is 0.336 e. The number of carboxylic acid groups (broad SMARTS) is 1. The third-order valence-electron chi connectivity index (χ3n) is 2.11. The quantitative estimate of drug-likeness (QED) is 0.739. The van der Waals surface area contributed by atoms with Gasteiger partial charge in [0.05, 0.1) is 11.3 Å². The lowest BCUT2D eigenvalue weighted by atomic mass is 10.0. The number of nitrogens with zero attached hydrogens (tertiary/aromatic N) is 1. The molecule has 13 heavy (non-hydrogen) atoms. The Kier molecular flexibility index (Phi) is 2.22. The van der Waals surface area contributed by atoms with Crippen LogP contribution in [0.2, 0.25) is 0 Å². The Balaban J connectivity index is 2.52. The summed E-state index contributed by atoms with van der Waals surface area (Å²) in [6, 6.07) is 1.58. The Labute approximate surface area is 80.2 Å². The second-order valence-corrected chi connectivity index (χ2v) is 4.00. The number of fused-ring (bicyclic) bond motifs is 1. The van der Waals surface area contributed by atoms with E-state index in [0.717, 1.165) is 29.2 Å². The van der Waals surface area contributed by atoms with Crippen molar-refractivity contribution in [2.45, 2.75) is 12.2 Å². The van der Waals surface area contributed by atoms with Gasteiger partial charge in [0, 0.05) is 11.9 Å². The standard InChI is InChI=1S/C9H9NO2S/c11-9(12)7-1-3-10-8-5-13-4-2-6(7)8/h1,3H,2,4-5H2,(H,11,12). The first-order chi connectivity index (χ1) is 6.29. The number of hydrogen-bond donors (Lipinski definition) is 1. The second-order valence-electron chi connectivity index (χ2n) is 2.89. The van der Waals surface area contributed by atoms with E-state index in [1.54, 1.807) is 24.0 Å². The van der Waals surface area contributed by atoms with Gasteiger partial charge in [0.2, 0.25) is 0 Å². The van der Waals surface area contributed by atoms with Gasteiger partial charge < -0.3 is 5.11 Å². The van der Waals surface area contributed by atoms with E-state index in [0.29, 0.717) is 5.56 Å². The van der Waals surface area contributed by atoms with Gasteiger partial charge in [-0.2, -0.15) is 11.8 Å². The van der Waals surface area contributed by atoms with E-state index in [2.05, 4.69) is 4.98 Å². The molecule has 0 atom stereocenters. The van der Waals surface area contributed by atoms with Crippen molar-refractivity contribution >= 4 is 17.7 Å². The zero-order chi connectivity index (χ0) is 9.26. The van der Waals surface area contributed by atoms with Crippen molar-refractivity contribution in [3.8, 4) is 0 Å². The molecule has 0 aliphatic carbocycles. The number of thioether (sulfide) groups is 1. The first-order valence-electron chi connectivity index (χ1n) is 4.07. The van der Waals surface area contributed by atoms with Gasteiger partial charge in [-0.15, -0.1) is 0 Å². The van der Waals surface area contributed by atoms with Gasteiger partial charge in [-0.25, -0.2) is 4.79 Å². The molecule has 1 N–H and O–H groups in total. The van der Waals surface area contributed by atoms with E-state index in [1.165, 1.54) is 0 Å². The fourth-order valence-electron chi connectivity index (χ4n) is 1.48. The SMILES string of the molecule is O=C(O)c1ccnc2c1CCSC2. The first-order valence-corrected chi connectivity index (χ1v) is 5.22. The van der Waals surface area contributed by atoms with Crippen molar-refractivity contribution in [1.29, 1.82) is 0 Å². The van der Waals surface area contributed by atoms with Crippen molar-refractivity contribution < 1.29 is 9.90 Å². The van der Waals surface area contributed by atoms with Gasteiger partial charge >= 0.3 is 5.97 Å². The molecule has 2 rings (SSSR count). The molecular formula is C9H9NO2S. The van der Waals surface area contributed by atoms with E-state index in [4.69, 9.17) is 5.11 Å². The molecular weight excluding hydrogens is 186 g/mol.